The molecule has 0 bridgehead atoms. The van der Waals surface area contributed by atoms with E-state index >= 15 is 0 Å². The smallest absolute Gasteiger partial charge is 0.187 e. The number of rotatable bonds is 5. The summed E-state index contributed by atoms with van der Waals surface area (Å²) in [6, 6.07) is 7.65. The van der Waals surface area contributed by atoms with E-state index in [-0.39, 0.29) is 5.78 Å². The topological polar surface area (TPSA) is 51.2 Å². The molecule has 0 spiro atoms. The van der Waals surface area contributed by atoms with Crippen molar-refractivity contribution in [2.24, 2.45) is 0 Å². The van der Waals surface area contributed by atoms with E-state index in [1.807, 2.05) is 31.2 Å². The number of hydrogen-bond donors (Lipinski definition) is 1. The number of para-hydroxylation sites is 2. The summed E-state index contributed by atoms with van der Waals surface area (Å²) in [5, 5.41) is 5.59. The monoisotopic (exact) mass is 262 g/mol. The second kappa shape index (κ2) is 5.64. The molecule has 0 aliphatic rings. The molecule has 0 atom stereocenters. The molecule has 2 aromatic rings. The Morgan fingerprint density at radius 3 is 2.89 bits per heavy atom. The average molecular weight is 262 g/mol. The van der Waals surface area contributed by atoms with Crippen LogP contribution in [0.4, 0.5) is 10.8 Å². The zero-order valence-corrected chi connectivity index (χ0v) is 11.1. The third-order valence-corrected chi connectivity index (χ3v) is 3.05. The molecule has 94 valence electrons. The Kier molecular flexibility index (Phi) is 3.94. The van der Waals surface area contributed by atoms with Crippen LogP contribution in [0.3, 0.4) is 0 Å². The predicted molar refractivity (Wildman–Crippen MR) is 73.0 cm³/mol. The molecule has 0 amide bonds. The number of thiazole rings is 1. The van der Waals surface area contributed by atoms with Crippen molar-refractivity contribution in [3.05, 3.63) is 35.3 Å². The van der Waals surface area contributed by atoms with Crippen LogP contribution < -0.4 is 10.1 Å². The number of Topliss-reactive ketones (excluding diaryl/α,β-unsaturated/α-hetero) is 1. The Morgan fingerprint density at radius 2 is 2.22 bits per heavy atom. The second-order valence-corrected chi connectivity index (χ2v) is 4.51. The van der Waals surface area contributed by atoms with Crippen molar-refractivity contribution in [1.29, 1.82) is 0 Å². The summed E-state index contributed by atoms with van der Waals surface area (Å²) >= 11 is 1.40. The molecule has 0 radical (unpaired) electrons. The lowest BCUT2D eigenvalue weighted by Crippen LogP contribution is -1.98. The molecule has 0 fully saturated rings. The first-order valence-electron chi connectivity index (χ1n) is 5.66. The van der Waals surface area contributed by atoms with Crippen LogP contribution in [0.25, 0.3) is 0 Å². The van der Waals surface area contributed by atoms with Gasteiger partial charge in [-0.1, -0.05) is 12.1 Å². The summed E-state index contributed by atoms with van der Waals surface area (Å²) < 4.78 is 5.51. The number of nitrogens with zero attached hydrogens (tertiary/aromatic N) is 1. The lowest BCUT2D eigenvalue weighted by Gasteiger charge is -2.09. The summed E-state index contributed by atoms with van der Waals surface area (Å²) in [6.45, 7) is 4.05. The molecule has 0 saturated heterocycles. The number of ether oxygens (including phenoxy) is 1. The van der Waals surface area contributed by atoms with E-state index in [4.69, 9.17) is 4.74 Å². The zero-order chi connectivity index (χ0) is 13.0. The van der Waals surface area contributed by atoms with Crippen molar-refractivity contribution in [1.82, 2.24) is 4.98 Å². The zero-order valence-electron chi connectivity index (χ0n) is 10.3. The molecule has 0 unspecified atom stereocenters. The molecule has 0 aliphatic heterocycles. The maximum absolute atomic E-state index is 11.2. The van der Waals surface area contributed by atoms with E-state index in [9.17, 15) is 4.79 Å². The van der Waals surface area contributed by atoms with Crippen LogP contribution in [0.5, 0.6) is 5.75 Å². The molecule has 1 heterocycles. The number of carbonyl (C=O) groups excluding carboxylic acids is 1. The van der Waals surface area contributed by atoms with Crippen LogP contribution >= 0.6 is 11.3 Å². The Bertz CT molecular complexity index is 551. The van der Waals surface area contributed by atoms with E-state index in [1.165, 1.54) is 18.3 Å². The highest BCUT2D eigenvalue weighted by Gasteiger charge is 2.08. The molecular weight excluding hydrogens is 248 g/mol. The molecule has 1 N–H and O–H groups in total. The Hall–Kier alpha value is -1.88. The minimum absolute atomic E-state index is 0.0302. The normalized spacial score (nSPS) is 10.1. The van der Waals surface area contributed by atoms with Gasteiger partial charge in [0, 0.05) is 12.3 Å². The third-order valence-electron chi connectivity index (χ3n) is 2.29. The Balaban J connectivity index is 2.19. The van der Waals surface area contributed by atoms with Gasteiger partial charge in [0.05, 0.1) is 12.3 Å². The van der Waals surface area contributed by atoms with E-state index in [0.717, 1.165) is 11.4 Å². The number of benzene rings is 1. The van der Waals surface area contributed by atoms with Crippen LogP contribution in [0.2, 0.25) is 0 Å². The van der Waals surface area contributed by atoms with Gasteiger partial charge in [0.1, 0.15) is 11.4 Å². The summed E-state index contributed by atoms with van der Waals surface area (Å²) in [6.07, 6.45) is 0. The molecule has 1 aromatic carbocycles. The van der Waals surface area contributed by atoms with Gasteiger partial charge in [-0.15, -0.1) is 11.3 Å². The molecule has 5 heteroatoms. The van der Waals surface area contributed by atoms with Crippen LogP contribution in [0, 0.1) is 0 Å². The van der Waals surface area contributed by atoms with E-state index in [0.29, 0.717) is 17.4 Å². The fourth-order valence-electron chi connectivity index (χ4n) is 1.46. The summed E-state index contributed by atoms with van der Waals surface area (Å²) in [4.78, 5) is 15.4. The van der Waals surface area contributed by atoms with Crippen LogP contribution in [0.1, 0.15) is 24.3 Å². The summed E-state index contributed by atoms with van der Waals surface area (Å²) in [7, 11) is 0. The van der Waals surface area contributed by atoms with Gasteiger partial charge in [0.2, 0.25) is 0 Å². The van der Waals surface area contributed by atoms with Gasteiger partial charge in [0.15, 0.2) is 10.9 Å². The number of ketones is 1. The molecule has 0 aliphatic carbocycles. The Morgan fingerprint density at radius 1 is 1.44 bits per heavy atom. The fourth-order valence-corrected chi connectivity index (χ4v) is 2.22. The Labute approximate surface area is 110 Å². The van der Waals surface area contributed by atoms with Gasteiger partial charge < -0.3 is 10.1 Å². The molecular formula is C13H14N2O2S. The van der Waals surface area contributed by atoms with Crippen molar-refractivity contribution in [3.8, 4) is 5.75 Å². The van der Waals surface area contributed by atoms with E-state index < -0.39 is 0 Å². The van der Waals surface area contributed by atoms with E-state index in [1.54, 1.807) is 5.38 Å². The fraction of sp³-hybridized carbons (Fsp3) is 0.231. The maximum atomic E-state index is 11.2. The first-order chi connectivity index (χ1) is 8.70. The lowest BCUT2D eigenvalue weighted by molar-refractivity contribution is 0.101. The SMILES string of the molecule is CCOc1ccccc1Nc1nc(C(C)=O)cs1. The highest BCUT2D eigenvalue weighted by atomic mass is 32.1. The minimum atomic E-state index is -0.0302. The first-order valence-corrected chi connectivity index (χ1v) is 6.54. The second-order valence-electron chi connectivity index (χ2n) is 3.65. The van der Waals surface area contributed by atoms with Crippen LogP contribution in [-0.2, 0) is 0 Å². The van der Waals surface area contributed by atoms with Gasteiger partial charge in [-0.05, 0) is 19.1 Å². The van der Waals surface area contributed by atoms with Crippen molar-refractivity contribution in [3.63, 3.8) is 0 Å². The number of anilines is 2. The van der Waals surface area contributed by atoms with E-state index in [2.05, 4.69) is 10.3 Å². The van der Waals surface area contributed by atoms with Crippen molar-refractivity contribution in [2.75, 3.05) is 11.9 Å². The van der Waals surface area contributed by atoms with Crippen molar-refractivity contribution < 1.29 is 9.53 Å². The largest absolute Gasteiger partial charge is 0.492 e. The molecule has 2 rings (SSSR count). The number of nitrogens with one attached hydrogen (secondary N) is 1. The first kappa shape index (κ1) is 12.6. The molecule has 0 saturated carbocycles. The quantitative estimate of drug-likeness (QED) is 0.838. The number of carbonyl (C=O) groups is 1. The highest BCUT2D eigenvalue weighted by Crippen LogP contribution is 2.28. The van der Waals surface area contributed by atoms with Gasteiger partial charge in [-0.3, -0.25) is 4.79 Å². The van der Waals surface area contributed by atoms with Crippen LogP contribution in [0.15, 0.2) is 29.6 Å². The third kappa shape index (κ3) is 2.87. The molecule has 4 nitrogen and oxygen atoms in total. The van der Waals surface area contributed by atoms with Gasteiger partial charge in [-0.2, -0.15) is 0 Å². The summed E-state index contributed by atoms with van der Waals surface area (Å²) in [5.74, 6) is 0.747. The summed E-state index contributed by atoms with van der Waals surface area (Å²) in [5.41, 5.74) is 1.33. The van der Waals surface area contributed by atoms with Crippen molar-refractivity contribution in [2.45, 2.75) is 13.8 Å². The van der Waals surface area contributed by atoms with Crippen LogP contribution in [-0.4, -0.2) is 17.4 Å². The predicted octanol–water partition coefficient (Wildman–Crippen LogP) is 3.49. The van der Waals surface area contributed by atoms with Gasteiger partial charge >= 0.3 is 0 Å². The maximum Gasteiger partial charge on any atom is 0.187 e. The minimum Gasteiger partial charge on any atom is -0.492 e. The van der Waals surface area contributed by atoms with Gasteiger partial charge in [-0.25, -0.2) is 4.98 Å². The lowest BCUT2D eigenvalue weighted by atomic mass is 10.3. The van der Waals surface area contributed by atoms with Gasteiger partial charge in [0.25, 0.3) is 0 Å². The molecule has 1 aromatic heterocycles. The number of aromatic nitrogens is 1. The highest BCUT2D eigenvalue weighted by molar-refractivity contribution is 7.14. The number of hydrogen-bond acceptors (Lipinski definition) is 5. The standard InChI is InChI=1S/C13H14N2O2S/c1-3-17-12-7-5-4-6-10(12)14-13-15-11(8-18-13)9(2)16/h4-8H,3H2,1-2H3,(H,14,15). The molecule has 18 heavy (non-hydrogen) atoms. The van der Waals surface area contributed by atoms with Crippen molar-refractivity contribution >= 4 is 27.9 Å². The average Bonchev–Trinajstić information content (AvgIpc) is 2.81.